The molecule has 3 aromatic carbocycles. The van der Waals surface area contributed by atoms with Crippen molar-refractivity contribution in [1.29, 1.82) is 0 Å². The number of imidazole rings is 1. The van der Waals surface area contributed by atoms with Crippen LogP contribution in [0.5, 0.6) is 0 Å². The van der Waals surface area contributed by atoms with Gasteiger partial charge in [0.2, 0.25) is 0 Å². The Morgan fingerprint density at radius 3 is 2.40 bits per heavy atom. The number of halogens is 2. The molecule has 1 aromatic heterocycles. The average molecular weight is 369 g/mol. The van der Waals surface area contributed by atoms with Crippen LogP contribution < -0.4 is 5.69 Å². The minimum atomic E-state index is -0.147. The molecule has 0 atom stereocenters. The first-order valence-electron chi connectivity index (χ1n) is 7.84. The van der Waals surface area contributed by atoms with Gasteiger partial charge >= 0.3 is 5.69 Å². The number of H-pyrrole nitrogens is 1. The first-order chi connectivity index (χ1) is 12.1. The number of aromatic nitrogens is 2. The predicted octanol–water partition coefficient (Wildman–Crippen LogP) is 5.35. The summed E-state index contributed by atoms with van der Waals surface area (Å²) in [5.74, 6) is 0. The van der Waals surface area contributed by atoms with Gasteiger partial charge in [-0.15, -0.1) is 0 Å². The van der Waals surface area contributed by atoms with Crippen molar-refractivity contribution in [3.8, 4) is 11.1 Å². The highest BCUT2D eigenvalue weighted by Gasteiger charge is 2.09. The molecule has 0 bridgehead atoms. The van der Waals surface area contributed by atoms with Gasteiger partial charge in [0, 0.05) is 0 Å². The lowest BCUT2D eigenvalue weighted by atomic mass is 10.1. The first kappa shape index (κ1) is 16.0. The third-order valence-electron chi connectivity index (χ3n) is 4.21. The van der Waals surface area contributed by atoms with Crippen LogP contribution in [0.2, 0.25) is 10.0 Å². The van der Waals surface area contributed by atoms with Gasteiger partial charge in [0.05, 0.1) is 27.6 Å². The molecular formula is C20H14Cl2N2O. The van der Waals surface area contributed by atoms with Crippen LogP contribution in [0.15, 0.2) is 71.5 Å². The van der Waals surface area contributed by atoms with Gasteiger partial charge in [0.25, 0.3) is 0 Å². The van der Waals surface area contributed by atoms with E-state index in [1.54, 1.807) is 16.7 Å². The van der Waals surface area contributed by atoms with E-state index >= 15 is 0 Å². The topological polar surface area (TPSA) is 37.8 Å². The summed E-state index contributed by atoms with van der Waals surface area (Å²) >= 11 is 12.0. The molecule has 4 rings (SSSR count). The average Bonchev–Trinajstić information content (AvgIpc) is 2.93. The molecule has 3 nitrogen and oxygen atoms in total. The van der Waals surface area contributed by atoms with Crippen molar-refractivity contribution < 1.29 is 0 Å². The summed E-state index contributed by atoms with van der Waals surface area (Å²) in [6.45, 7) is 0.431. The highest BCUT2D eigenvalue weighted by Crippen LogP contribution is 2.25. The molecule has 5 heteroatoms. The fourth-order valence-corrected chi connectivity index (χ4v) is 3.27. The largest absolute Gasteiger partial charge is 0.326 e. The second kappa shape index (κ2) is 6.43. The Kier molecular flexibility index (Phi) is 4.12. The molecule has 124 valence electrons. The van der Waals surface area contributed by atoms with Crippen molar-refractivity contribution in [3.05, 3.63) is 92.8 Å². The van der Waals surface area contributed by atoms with Crippen molar-refractivity contribution in [2.75, 3.05) is 0 Å². The van der Waals surface area contributed by atoms with Crippen LogP contribution in [-0.4, -0.2) is 9.55 Å². The third kappa shape index (κ3) is 3.09. The van der Waals surface area contributed by atoms with E-state index in [1.165, 1.54) is 0 Å². The fraction of sp³-hybridized carbons (Fsp3) is 0.0500. The zero-order valence-electron chi connectivity index (χ0n) is 13.2. The van der Waals surface area contributed by atoms with Gasteiger partial charge in [-0.25, -0.2) is 4.79 Å². The number of nitrogens with zero attached hydrogens (tertiary/aromatic N) is 1. The summed E-state index contributed by atoms with van der Waals surface area (Å²) in [6, 6.07) is 21.5. The van der Waals surface area contributed by atoms with Crippen LogP contribution in [0, 0.1) is 0 Å². The Morgan fingerprint density at radius 1 is 0.840 bits per heavy atom. The van der Waals surface area contributed by atoms with Crippen LogP contribution in [-0.2, 0) is 6.54 Å². The van der Waals surface area contributed by atoms with Crippen LogP contribution in [0.25, 0.3) is 22.2 Å². The molecule has 0 aliphatic rings. The summed E-state index contributed by atoms with van der Waals surface area (Å²) in [5.41, 5.74) is 4.62. The minimum absolute atomic E-state index is 0.147. The third-order valence-corrected chi connectivity index (χ3v) is 4.94. The molecular weight excluding hydrogens is 355 g/mol. The molecule has 25 heavy (non-hydrogen) atoms. The highest BCUT2D eigenvalue weighted by molar-refractivity contribution is 6.42. The number of hydrogen-bond acceptors (Lipinski definition) is 1. The number of hydrogen-bond donors (Lipinski definition) is 1. The molecule has 0 aliphatic heterocycles. The Morgan fingerprint density at radius 2 is 1.64 bits per heavy atom. The molecule has 0 radical (unpaired) electrons. The lowest BCUT2D eigenvalue weighted by Crippen LogP contribution is -2.17. The van der Waals surface area contributed by atoms with E-state index in [0.29, 0.717) is 16.6 Å². The van der Waals surface area contributed by atoms with Gasteiger partial charge in [-0.05, 0) is 41.0 Å². The van der Waals surface area contributed by atoms with Gasteiger partial charge in [-0.1, -0.05) is 65.7 Å². The fourth-order valence-electron chi connectivity index (χ4n) is 2.95. The van der Waals surface area contributed by atoms with Crippen molar-refractivity contribution >= 4 is 34.2 Å². The summed E-state index contributed by atoms with van der Waals surface area (Å²) in [5, 5.41) is 0.989. The lowest BCUT2D eigenvalue weighted by molar-refractivity contribution is 0.787. The SMILES string of the molecule is O=c1[nH]c2cc(-c3ccccc3)ccc2n1Cc1ccc(Cl)c(Cl)c1. The molecule has 0 spiro atoms. The van der Waals surface area contributed by atoms with Crippen LogP contribution in [0.3, 0.4) is 0 Å². The monoisotopic (exact) mass is 368 g/mol. The Bertz CT molecular complexity index is 1110. The standard InChI is InChI=1S/C20H14Cl2N2O/c21-16-8-6-13(10-17(16)22)12-24-19-9-7-15(11-18(19)23-20(24)25)14-4-2-1-3-5-14/h1-11H,12H2,(H,23,25). The zero-order valence-corrected chi connectivity index (χ0v) is 14.7. The number of fused-ring (bicyclic) bond motifs is 1. The summed E-state index contributed by atoms with van der Waals surface area (Å²) in [4.78, 5) is 15.3. The lowest BCUT2D eigenvalue weighted by Gasteiger charge is -2.06. The van der Waals surface area contributed by atoms with Crippen molar-refractivity contribution in [1.82, 2.24) is 9.55 Å². The van der Waals surface area contributed by atoms with Crippen LogP contribution >= 0.6 is 23.2 Å². The maximum Gasteiger partial charge on any atom is 0.326 e. The maximum absolute atomic E-state index is 12.4. The minimum Gasteiger partial charge on any atom is -0.306 e. The van der Waals surface area contributed by atoms with Crippen LogP contribution in [0.1, 0.15) is 5.56 Å². The molecule has 0 amide bonds. The molecule has 1 N–H and O–H groups in total. The van der Waals surface area contributed by atoms with E-state index in [1.807, 2.05) is 54.6 Å². The van der Waals surface area contributed by atoms with Gasteiger partial charge < -0.3 is 4.98 Å². The second-order valence-corrected chi connectivity index (χ2v) is 6.68. The highest BCUT2D eigenvalue weighted by atomic mass is 35.5. The second-order valence-electron chi connectivity index (χ2n) is 5.86. The predicted molar refractivity (Wildman–Crippen MR) is 104 cm³/mol. The first-order valence-corrected chi connectivity index (χ1v) is 8.59. The van der Waals surface area contributed by atoms with E-state index in [4.69, 9.17) is 23.2 Å². The van der Waals surface area contributed by atoms with E-state index in [2.05, 4.69) is 4.98 Å². The number of aromatic amines is 1. The van der Waals surface area contributed by atoms with E-state index < -0.39 is 0 Å². The van der Waals surface area contributed by atoms with Gasteiger partial charge in [-0.3, -0.25) is 4.57 Å². The maximum atomic E-state index is 12.4. The van der Waals surface area contributed by atoms with Gasteiger partial charge in [0.15, 0.2) is 0 Å². The molecule has 0 saturated heterocycles. The Balaban J connectivity index is 1.76. The molecule has 0 saturated carbocycles. The zero-order chi connectivity index (χ0) is 17.4. The molecule has 0 unspecified atom stereocenters. The summed E-state index contributed by atoms with van der Waals surface area (Å²) in [6.07, 6.45) is 0. The quantitative estimate of drug-likeness (QED) is 0.519. The van der Waals surface area contributed by atoms with Crippen LogP contribution in [0.4, 0.5) is 0 Å². The van der Waals surface area contributed by atoms with Crippen molar-refractivity contribution in [2.45, 2.75) is 6.54 Å². The number of benzene rings is 3. The summed E-state index contributed by atoms with van der Waals surface area (Å²) in [7, 11) is 0. The Labute approximate surface area is 154 Å². The number of rotatable bonds is 3. The normalized spacial score (nSPS) is 11.1. The molecule has 1 heterocycles. The molecule has 0 fully saturated rings. The van der Waals surface area contributed by atoms with E-state index in [9.17, 15) is 4.79 Å². The van der Waals surface area contributed by atoms with Crippen molar-refractivity contribution in [3.63, 3.8) is 0 Å². The smallest absolute Gasteiger partial charge is 0.306 e. The molecule has 4 aromatic rings. The van der Waals surface area contributed by atoms with E-state index in [0.717, 1.165) is 27.7 Å². The Hall–Kier alpha value is -2.49. The van der Waals surface area contributed by atoms with Gasteiger partial charge in [-0.2, -0.15) is 0 Å². The van der Waals surface area contributed by atoms with Crippen molar-refractivity contribution in [2.24, 2.45) is 0 Å². The number of nitrogens with one attached hydrogen (secondary N) is 1. The molecule has 0 aliphatic carbocycles. The van der Waals surface area contributed by atoms with E-state index in [-0.39, 0.29) is 5.69 Å². The van der Waals surface area contributed by atoms with Gasteiger partial charge in [0.1, 0.15) is 0 Å². The summed E-state index contributed by atoms with van der Waals surface area (Å²) < 4.78 is 1.70.